The Morgan fingerprint density at radius 2 is 1.75 bits per heavy atom. The Morgan fingerprint density at radius 3 is 2.62 bits per heavy atom. The number of benzene rings is 2. The number of anilines is 2. The summed E-state index contributed by atoms with van der Waals surface area (Å²) < 4.78 is 10.7. The summed E-state index contributed by atoms with van der Waals surface area (Å²) in [6, 6.07) is 15.8. The zero-order valence-corrected chi connectivity index (χ0v) is 8.64. The van der Waals surface area contributed by atoms with Gasteiger partial charge >= 0.3 is 0 Å². The van der Waals surface area contributed by atoms with Gasteiger partial charge in [0.15, 0.2) is 11.5 Å². The van der Waals surface area contributed by atoms with Crippen molar-refractivity contribution in [3.8, 4) is 11.5 Å². The lowest BCUT2D eigenvalue weighted by Crippen LogP contribution is -1.95. The van der Waals surface area contributed by atoms with E-state index in [4.69, 9.17) is 9.47 Å². The molecule has 1 aliphatic heterocycles. The first-order chi connectivity index (χ1) is 7.93. The summed E-state index contributed by atoms with van der Waals surface area (Å²) in [5.74, 6) is 1.58. The third-order valence-electron chi connectivity index (χ3n) is 2.45. The Hall–Kier alpha value is -2.16. The van der Waals surface area contributed by atoms with Crippen molar-refractivity contribution in [1.29, 1.82) is 0 Å². The lowest BCUT2D eigenvalue weighted by atomic mass is 10.2. The van der Waals surface area contributed by atoms with Gasteiger partial charge < -0.3 is 14.8 Å². The van der Waals surface area contributed by atoms with Crippen LogP contribution in [0.5, 0.6) is 11.5 Å². The number of fused-ring (bicyclic) bond motifs is 1. The standard InChI is InChI=1S/C13H11NO2/c1-2-5-10(6-3-1)14-11-7-4-8-12-13(11)16-9-15-12/h1-8,14H,9H2. The molecule has 0 amide bonds. The fraction of sp³-hybridized carbons (Fsp3) is 0.0769. The van der Waals surface area contributed by atoms with Crippen molar-refractivity contribution in [2.75, 3.05) is 12.1 Å². The average molecular weight is 213 g/mol. The number of para-hydroxylation sites is 2. The van der Waals surface area contributed by atoms with Crippen molar-refractivity contribution in [2.45, 2.75) is 0 Å². The van der Waals surface area contributed by atoms with Crippen LogP contribution in [-0.2, 0) is 0 Å². The second-order valence-corrected chi connectivity index (χ2v) is 3.53. The second-order valence-electron chi connectivity index (χ2n) is 3.53. The molecular formula is C13H11NO2. The highest BCUT2D eigenvalue weighted by Gasteiger charge is 2.16. The van der Waals surface area contributed by atoms with E-state index in [-0.39, 0.29) is 0 Å². The zero-order chi connectivity index (χ0) is 10.8. The normalized spacial score (nSPS) is 12.5. The molecule has 0 saturated carbocycles. The van der Waals surface area contributed by atoms with Crippen LogP contribution >= 0.6 is 0 Å². The highest BCUT2D eigenvalue weighted by atomic mass is 16.7. The van der Waals surface area contributed by atoms with E-state index in [2.05, 4.69) is 5.32 Å². The van der Waals surface area contributed by atoms with Crippen LogP contribution in [-0.4, -0.2) is 6.79 Å². The van der Waals surface area contributed by atoms with Gasteiger partial charge in [-0.3, -0.25) is 0 Å². The molecule has 0 bridgehead atoms. The monoisotopic (exact) mass is 213 g/mol. The maximum Gasteiger partial charge on any atom is 0.231 e. The molecule has 0 unspecified atom stereocenters. The van der Waals surface area contributed by atoms with Gasteiger partial charge in [0, 0.05) is 5.69 Å². The molecule has 0 saturated heterocycles. The Bertz CT molecular complexity index is 497. The molecule has 0 radical (unpaired) electrons. The highest BCUT2D eigenvalue weighted by molar-refractivity contribution is 5.70. The lowest BCUT2D eigenvalue weighted by molar-refractivity contribution is 0.174. The fourth-order valence-corrected chi connectivity index (χ4v) is 1.71. The minimum absolute atomic E-state index is 0.294. The van der Waals surface area contributed by atoms with Crippen molar-refractivity contribution in [2.24, 2.45) is 0 Å². The molecule has 2 aromatic carbocycles. The number of ether oxygens (including phenoxy) is 2. The van der Waals surface area contributed by atoms with E-state index < -0.39 is 0 Å². The number of hydrogen-bond donors (Lipinski definition) is 1. The lowest BCUT2D eigenvalue weighted by Gasteiger charge is -2.08. The van der Waals surface area contributed by atoms with Gasteiger partial charge in [0.1, 0.15) is 0 Å². The molecule has 16 heavy (non-hydrogen) atoms. The van der Waals surface area contributed by atoms with Crippen molar-refractivity contribution in [1.82, 2.24) is 0 Å². The smallest absolute Gasteiger partial charge is 0.231 e. The molecule has 1 aliphatic rings. The van der Waals surface area contributed by atoms with Crippen LogP contribution in [0.4, 0.5) is 11.4 Å². The summed E-state index contributed by atoms with van der Waals surface area (Å²) in [6.07, 6.45) is 0. The molecule has 2 aromatic rings. The average Bonchev–Trinajstić information content (AvgIpc) is 2.80. The largest absolute Gasteiger partial charge is 0.454 e. The van der Waals surface area contributed by atoms with Gasteiger partial charge in [-0.2, -0.15) is 0 Å². The Morgan fingerprint density at radius 1 is 0.875 bits per heavy atom. The van der Waals surface area contributed by atoms with Crippen molar-refractivity contribution >= 4 is 11.4 Å². The molecule has 0 fully saturated rings. The Balaban J connectivity index is 1.94. The first-order valence-electron chi connectivity index (χ1n) is 5.14. The fourth-order valence-electron chi connectivity index (χ4n) is 1.71. The Kier molecular flexibility index (Phi) is 2.14. The molecule has 0 aliphatic carbocycles. The summed E-state index contributed by atoms with van der Waals surface area (Å²) in [6.45, 7) is 0.294. The summed E-state index contributed by atoms with van der Waals surface area (Å²) in [7, 11) is 0. The minimum Gasteiger partial charge on any atom is -0.454 e. The topological polar surface area (TPSA) is 30.5 Å². The number of nitrogens with one attached hydrogen (secondary N) is 1. The molecule has 3 nitrogen and oxygen atoms in total. The zero-order valence-electron chi connectivity index (χ0n) is 8.64. The van der Waals surface area contributed by atoms with Gasteiger partial charge in [-0.1, -0.05) is 24.3 Å². The SMILES string of the molecule is c1ccc(Nc2cccc3c2OCO3)cc1. The summed E-state index contributed by atoms with van der Waals surface area (Å²) >= 11 is 0. The summed E-state index contributed by atoms with van der Waals surface area (Å²) in [5, 5.41) is 3.30. The number of rotatable bonds is 2. The minimum atomic E-state index is 0.294. The van der Waals surface area contributed by atoms with Crippen LogP contribution < -0.4 is 14.8 Å². The quantitative estimate of drug-likeness (QED) is 0.831. The first kappa shape index (κ1) is 9.09. The molecule has 80 valence electrons. The molecule has 0 atom stereocenters. The Labute approximate surface area is 93.6 Å². The van der Waals surface area contributed by atoms with Crippen LogP contribution in [0.2, 0.25) is 0 Å². The molecule has 1 N–H and O–H groups in total. The molecule has 0 spiro atoms. The molecule has 0 aromatic heterocycles. The van der Waals surface area contributed by atoms with Gasteiger partial charge in [0.2, 0.25) is 6.79 Å². The summed E-state index contributed by atoms with van der Waals surface area (Å²) in [5.41, 5.74) is 1.97. The van der Waals surface area contributed by atoms with Crippen molar-refractivity contribution < 1.29 is 9.47 Å². The second kappa shape index (κ2) is 3.77. The van der Waals surface area contributed by atoms with E-state index in [0.29, 0.717) is 6.79 Å². The van der Waals surface area contributed by atoms with Crippen LogP contribution in [0.3, 0.4) is 0 Å². The molecule has 1 heterocycles. The number of hydrogen-bond acceptors (Lipinski definition) is 3. The highest BCUT2D eigenvalue weighted by Crippen LogP contribution is 2.39. The van der Waals surface area contributed by atoms with Crippen LogP contribution in [0.25, 0.3) is 0 Å². The van der Waals surface area contributed by atoms with E-state index in [1.165, 1.54) is 0 Å². The van der Waals surface area contributed by atoms with Gasteiger partial charge in [-0.05, 0) is 24.3 Å². The summed E-state index contributed by atoms with van der Waals surface area (Å²) in [4.78, 5) is 0. The van der Waals surface area contributed by atoms with Crippen LogP contribution in [0.1, 0.15) is 0 Å². The van der Waals surface area contributed by atoms with Crippen LogP contribution in [0.15, 0.2) is 48.5 Å². The maximum absolute atomic E-state index is 5.42. The first-order valence-corrected chi connectivity index (χ1v) is 5.14. The third kappa shape index (κ3) is 1.56. The van der Waals surface area contributed by atoms with E-state index in [1.807, 2.05) is 48.5 Å². The molecule has 3 heteroatoms. The van der Waals surface area contributed by atoms with Gasteiger partial charge in [-0.15, -0.1) is 0 Å². The van der Waals surface area contributed by atoms with Crippen molar-refractivity contribution in [3.05, 3.63) is 48.5 Å². The third-order valence-corrected chi connectivity index (χ3v) is 2.45. The predicted octanol–water partition coefficient (Wildman–Crippen LogP) is 3.16. The van der Waals surface area contributed by atoms with Gasteiger partial charge in [0.25, 0.3) is 0 Å². The van der Waals surface area contributed by atoms with E-state index in [9.17, 15) is 0 Å². The predicted molar refractivity (Wildman–Crippen MR) is 62.3 cm³/mol. The molecular weight excluding hydrogens is 202 g/mol. The van der Waals surface area contributed by atoms with Gasteiger partial charge in [-0.25, -0.2) is 0 Å². The van der Waals surface area contributed by atoms with Gasteiger partial charge in [0.05, 0.1) is 5.69 Å². The van der Waals surface area contributed by atoms with E-state index in [1.54, 1.807) is 0 Å². The van der Waals surface area contributed by atoms with Crippen LogP contribution in [0, 0.1) is 0 Å². The molecule has 3 rings (SSSR count). The van der Waals surface area contributed by atoms with Crippen molar-refractivity contribution in [3.63, 3.8) is 0 Å². The maximum atomic E-state index is 5.42. The van der Waals surface area contributed by atoms with E-state index >= 15 is 0 Å². The van der Waals surface area contributed by atoms with E-state index in [0.717, 1.165) is 22.9 Å².